The predicted octanol–water partition coefficient (Wildman–Crippen LogP) is 1.18. The summed E-state index contributed by atoms with van der Waals surface area (Å²) in [4.78, 5) is 12.0. The highest BCUT2D eigenvalue weighted by Crippen LogP contribution is 2.24. The Balaban J connectivity index is 1.68. The molecule has 0 saturated carbocycles. The van der Waals surface area contributed by atoms with Gasteiger partial charge in [-0.05, 0) is 32.0 Å². The lowest BCUT2D eigenvalue weighted by atomic mass is 9.89. The maximum Gasteiger partial charge on any atom is 0.227 e. The van der Waals surface area contributed by atoms with E-state index >= 15 is 0 Å². The van der Waals surface area contributed by atoms with Crippen molar-refractivity contribution >= 4 is 5.91 Å². The number of ether oxygens (including phenoxy) is 1. The standard InChI is InChI=1S/C14H20N2O2/c1-14(7-8-15-11-14)13(17)16-9-10-18-12-5-3-2-4-6-12/h2-6,15H,7-11H2,1H3,(H,16,17). The molecule has 2 rings (SSSR count). The second-order valence-electron chi connectivity index (χ2n) is 4.90. The summed E-state index contributed by atoms with van der Waals surface area (Å²) in [5, 5.41) is 6.15. The van der Waals surface area contributed by atoms with E-state index in [4.69, 9.17) is 4.74 Å². The molecule has 0 spiro atoms. The molecule has 1 aromatic carbocycles. The molecule has 18 heavy (non-hydrogen) atoms. The molecule has 1 aliphatic heterocycles. The minimum atomic E-state index is -0.257. The molecule has 1 unspecified atom stereocenters. The van der Waals surface area contributed by atoms with Gasteiger partial charge in [0.05, 0.1) is 12.0 Å². The third-order valence-electron chi connectivity index (χ3n) is 3.32. The normalized spacial score (nSPS) is 22.7. The topological polar surface area (TPSA) is 50.4 Å². The number of hydrogen-bond acceptors (Lipinski definition) is 3. The quantitative estimate of drug-likeness (QED) is 0.769. The van der Waals surface area contributed by atoms with E-state index in [0.29, 0.717) is 13.2 Å². The molecular formula is C14H20N2O2. The van der Waals surface area contributed by atoms with Crippen LogP contribution in [0.5, 0.6) is 5.75 Å². The first-order valence-electron chi connectivity index (χ1n) is 6.38. The van der Waals surface area contributed by atoms with Crippen LogP contribution in [0.25, 0.3) is 0 Å². The molecule has 1 heterocycles. The van der Waals surface area contributed by atoms with Crippen molar-refractivity contribution in [2.45, 2.75) is 13.3 Å². The van der Waals surface area contributed by atoms with Gasteiger partial charge in [0, 0.05) is 6.54 Å². The largest absolute Gasteiger partial charge is 0.492 e. The number of hydrogen-bond donors (Lipinski definition) is 2. The summed E-state index contributed by atoms with van der Waals surface area (Å²) < 4.78 is 5.52. The van der Waals surface area contributed by atoms with Crippen LogP contribution in [0.15, 0.2) is 30.3 Å². The fourth-order valence-corrected chi connectivity index (χ4v) is 2.07. The van der Waals surface area contributed by atoms with Crippen molar-refractivity contribution in [3.8, 4) is 5.75 Å². The third-order valence-corrected chi connectivity index (χ3v) is 3.32. The van der Waals surface area contributed by atoms with Gasteiger partial charge in [-0.3, -0.25) is 4.79 Å². The monoisotopic (exact) mass is 248 g/mol. The lowest BCUT2D eigenvalue weighted by molar-refractivity contribution is -0.129. The van der Waals surface area contributed by atoms with E-state index in [1.807, 2.05) is 37.3 Å². The first-order chi connectivity index (χ1) is 8.71. The summed E-state index contributed by atoms with van der Waals surface area (Å²) in [6.45, 7) is 4.73. The average Bonchev–Trinajstić information content (AvgIpc) is 2.84. The molecule has 4 nitrogen and oxygen atoms in total. The first-order valence-corrected chi connectivity index (χ1v) is 6.38. The highest BCUT2D eigenvalue weighted by atomic mass is 16.5. The maximum atomic E-state index is 12.0. The molecule has 1 fully saturated rings. The van der Waals surface area contributed by atoms with Gasteiger partial charge in [-0.1, -0.05) is 18.2 Å². The molecule has 1 atom stereocenters. The lowest BCUT2D eigenvalue weighted by Crippen LogP contribution is -2.41. The zero-order valence-corrected chi connectivity index (χ0v) is 10.7. The van der Waals surface area contributed by atoms with E-state index in [1.165, 1.54) is 0 Å². The van der Waals surface area contributed by atoms with Crippen molar-refractivity contribution in [1.82, 2.24) is 10.6 Å². The van der Waals surface area contributed by atoms with Gasteiger partial charge in [-0.25, -0.2) is 0 Å². The molecule has 1 aliphatic rings. The fourth-order valence-electron chi connectivity index (χ4n) is 2.07. The lowest BCUT2D eigenvalue weighted by Gasteiger charge is -2.21. The van der Waals surface area contributed by atoms with Gasteiger partial charge >= 0.3 is 0 Å². The van der Waals surface area contributed by atoms with Crippen molar-refractivity contribution in [3.05, 3.63) is 30.3 Å². The van der Waals surface area contributed by atoms with Crippen LogP contribution in [-0.2, 0) is 4.79 Å². The Morgan fingerprint density at radius 2 is 2.22 bits per heavy atom. The number of amides is 1. The molecular weight excluding hydrogens is 228 g/mol. The Morgan fingerprint density at radius 1 is 1.44 bits per heavy atom. The average molecular weight is 248 g/mol. The molecule has 2 N–H and O–H groups in total. The minimum absolute atomic E-state index is 0.115. The number of benzene rings is 1. The van der Waals surface area contributed by atoms with Gasteiger partial charge < -0.3 is 15.4 Å². The zero-order valence-electron chi connectivity index (χ0n) is 10.7. The van der Waals surface area contributed by atoms with Crippen molar-refractivity contribution in [2.24, 2.45) is 5.41 Å². The van der Waals surface area contributed by atoms with E-state index in [0.717, 1.165) is 25.3 Å². The Labute approximate surface area is 108 Å². The third kappa shape index (κ3) is 3.23. The maximum absolute atomic E-state index is 12.0. The SMILES string of the molecule is CC1(C(=O)NCCOc2ccccc2)CCNC1. The van der Waals surface area contributed by atoms with E-state index in [9.17, 15) is 4.79 Å². The molecule has 4 heteroatoms. The van der Waals surface area contributed by atoms with Gasteiger partial charge in [0.25, 0.3) is 0 Å². The second-order valence-corrected chi connectivity index (χ2v) is 4.90. The number of rotatable bonds is 5. The van der Waals surface area contributed by atoms with Crippen LogP contribution in [0, 0.1) is 5.41 Å². The van der Waals surface area contributed by atoms with Crippen LogP contribution in [0.3, 0.4) is 0 Å². The number of nitrogens with one attached hydrogen (secondary N) is 2. The fraction of sp³-hybridized carbons (Fsp3) is 0.500. The first kappa shape index (κ1) is 12.9. The molecule has 0 aliphatic carbocycles. The van der Waals surface area contributed by atoms with E-state index in [-0.39, 0.29) is 11.3 Å². The van der Waals surface area contributed by atoms with Crippen LogP contribution in [0.4, 0.5) is 0 Å². The Kier molecular flexibility index (Phi) is 4.20. The van der Waals surface area contributed by atoms with Crippen molar-refractivity contribution in [2.75, 3.05) is 26.2 Å². The summed E-state index contributed by atoms with van der Waals surface area (Å²) in [5.74, 6) is 0.949. The number of para-hydroxylation sites is 1. The van der Waals surface area contributed by atoms with Gasteiger partial charge in [0.2, 0.25) is 5.91 Å². The summed E-state index contributed by atoms with van der Waals surface area (Å²) in [6, 6.07) is 9.62. The summed E-state index contributed by atoms with van der Waals surface area (Å²) in [5.41, 5.74) is -0.257. The van der Waals surface area contributed by atoms with Crippen LogP contribution in [-0.4, -0.2) is 32.1 Å². The van der Waals surface area contributed by atoms with Crippen LogP contribution in [0.1, 0.15) is 13.3 Å². The molecule has 98 valence electrons. The van der Waals surface area contributed by atoms with E-state index in [2.05, 4.69) is 10.6 Å². The highest BCUT2D eigenvalue weighted by molar-refractivity contribution is 5.82. The smallest absolute Gasteiger partial charge is 0.227 e. The summed E-state index contributed by atoms with van der Waals surface area (Å²) in [6.07, 6.45) is 0.901. The van der Waals surface area contributed by atoms with Crippen LogP contribution >= 0.6 is 0 Å². The molecule has 0 bridgehead atoms. The van der Waals surface area contributed by atoms with E-state index in [1.54, 1.807) is 0 Å². The number of carbonyl (C=O) groups excluding carboxylic acids is 1. The predicted molar refractivity (Wildman–Crippen MR) is 70.5 cm³/mol. The Hall–Kier alpha value is -1.55. The van der Waals surface area contributed by atoms with Crippen molar-refractivity contribution in [1.29, 1.82) is 0 Å². The van der Waals surface area contributed by atoms with Crippen LogP contribution < -0.4 is 15.4 Å². The number of carbonyl (C=O) groups is 1. The second kappa shape index (κ2) is 5.87. The molecule has 1 saturated heterocycles. The molecule has 0 radical (unpaired) electrons. The Morgan fingerprint density at radius 3 is 2.89 bits per heavy atom. The minimum Gasteiger partial charge on any atom is -0.492 e. The van der Waals surface area contributed by atoms with Crippen molar-refractivity contribution < 1.29 is 9.53 Å². The van der Waals surface area contributed by atoms with E-state index < -0.39 is 0 Å². The molecule has 1 aromatic rings. The van der Waals surface area contributed by atoms with Gasteiger partial charge in [0.1, 0.15) is 12.4 Å². The van der Waals surface area contributed by atoms with Crippen LogP contribution in [0.2, 0.25) is 0 Å². The highest BCUT2D eigenvalue weighted by Gasteiger charge is 2.35. The zero-order chi connectivity index (χ0) is 12.8. The Bertz CT molecular complexity index is 386. The van der Waals surface area contributed by atoms with Gasteiger partial charge in [-0.15, -0.1) is 0 Å². The summed E-state index contributed by atoms with van der Waals surface area (Å²) >= 11 is 0. The molecule has 0 aromatic heterocycles. The molecule has 1 amide bonds. The summed E-state index contributed by atoms with van der Waals surface area (Å²) in [7, 11) is 0. The van der Waals surface area contributed by atoms with Crippen molar-refractivity contribution in [3.63, 3.8) is 0 Å². The van der Waals surface area contributed by atoms with Gasteiger partial charge in [0.15, 0.2) is 0 Å². The van der Waals surface area contributed by atoms with Gasteiger partial charge in [-0.2, -0.15) is 0 Å².